The van der Waals surface area contributed by atoms with E-state index in [4.69, 9.17) is 15.0 Å². The Morgan fingerprint density at radius 2 is 1.08 bits per heavy atom. The first-order valence-electron chi connectivity index (χ1n) is 20.3. The Labute approximate surface area is 345 Å². The minimum atomic E-state index is 0.336. The zero-order chi connectivity index (χ0) is 38.9. The van der Waals surface area contributed by atoms with E-state index >= 15 is 0 Å². The average Bonchev–Trinajstić information content (AvgIpc) is 3.79. The topological polar surface area (TPSA) is 43.6 Å². The van der Waals surface area contributed by atoms with Gasteiger partial charge in [0.1, 0.15) is 0 Å². The minimum Gasteiger partial charge on any atom is -0.309 e. The predicted octanol–water partition coefficient (Wildman–Crippen LogP) is 14.1. The lowest BCUT2D eigenvalue weighted by Gasteiger charge is -2.18. The maximum absolute atomic E-state index is 5.04. The first-order chi connectivity index (χ1) is 29.2. The smallest absolute Gasteiger partial charge is 0.164 e. The third-order valence-corrected chi connectivity index (χ3v) is 13.2. The Kier molecular flexibility index (Phi) is 7.88. The molecule has 1 atom stereocenters. The van der Waals surface area contributed by atoms with E-state index in [0.29, 0.717) is 23.4 Å². The van der Waals surface area contributed by atoms with Crippen molar-refractivity contribution in [3.63, 3.8) is 0 Å². The van der Waals surface area contributed by atoms with Crippen molar-refractivity contribution in [1.29, 1.82) is 0 Å². The Balaban J connectivity index is 1.07. The van der Waals surface area contributed by atoms with Gasteiger partial charge in [0.05, 0.1) is 11.0 Å². The molecule has 0 saturated carbocycles. The van der Waals surface area contributed by atoms with Crippen LogP contribution in [-0.4, -0.2) is 19.5 Å². The standard InChI is InChI=1S/C54H36N4S/c1-4-14-34(15-5-1)40-29-26-38-32-47-46(33-45(38)42-21-11-10-20-41(40)42)43-30-31-49-50(44-22-12-13-23-48(44)59-49)51(43)58(47)39-27-24-37(25-28-39)54-56-52(35-16-6-2-7-17-35)55-53(57-54)36-18-8-3-9-19-36/h1-25,27-28,30-33,40H,26,29H2. The fourth-order valence-electron chi connectivity index (χ4n) is 9.36. The molecule has 0 amide bonds. The fraction of sp³-hybridized carbons (Fsp3) is 0.0556. The SMILES string of the molecule is c1ccc(-c2nc(-c3ccccc3)nc(-c3ccc(-n4c5cc6c(cc5c5ccc7sc8ccccc8c7c54)-c4ccccc4C(c4ccccc4)CC6)cc3)n2)cc1. The van der Waals surface area contributed by atoms with Crippen LogP contribution in [0.4, 0.5) is 0 Å². The molecule has 0 bridgehead atoms. The Morgan fingerprint density at radius 3 is 1.80 bits per heavy atom. The number of hydrogen-bond donors (Lipinski definition) is 0. The summed E-state index contributed by atoms with van der Waals surface area (Å²) in [6, 6.07) is 67.8. The largest absolute Gasteiger partial charge is 0.309 e. The van der Waals surface area contributed by atoms with E-state index in [2.05, 4.69) is 156 Å². The van der Waals surface area contributed by atoms with E-state index < -0.39 is 0 Å². The van der Waals surface area contributed by atoms with Crippen LogP contribution in [-0.2, 0) is 6.42 Å². The van der Waals surface area contributed by atoms with Crippen LogP contribution >= 0.6 is 11.3 Å². The number of benzene rings is 8. The molecule has 3 aromatic heterocycles. The van der Waals surface area contributed by atoms with Gasteiger partial charge in [-0.15, -0.1) is 11.3 Å². The molecule has 0 N–H and O–H groups in total. The first-order valence-corrected chi connectivity index (χ1v) is 21.1. The molecular formula is C54H36N4S. The van der Waals surface area contributed by atoms with Gasteiger partial charge in [-0.2, -0.15) is 0 Å². The second kappa shape index (κ2) is 13.7. The maximum atomic E-state index is 5.04. The summed E-state index contributed by atoms with van der Waals surface area (Å²) in [5.41, 5.74) is 13.3. The van der Waals surface area contributed by atoms with E-state index in [9.17, 15) is 0 Å². The molecule has 11 aromatic rings. The molecule has 8 aromatic carbocycles. The first kappa shape index (κ1) is 33.9. The van der Waals surface area contributed by atoms with Crippen LogP contribution in [0.1, 0.15) is 29.0 Å². The molecule has 0 aliphatic heterocycles. The number of rotatable bonds is 5. The molecule has 0 radical (unpaired) electrons. The molecule has 1 unspecified atom stereocenters. The van der Waals surface area contributed by atoms with Crippen molar-refractivity contribution in [3.8, 4) is 51.0 Å². The van der Waals surface area contributed by atoms with Crippen molar-refractivity contribution >= 4 is 53.3 Å². The molecule has 59 heavy (non-hydrogen) atoms. The van der Waals surface area contributed by atoms with E-state index in [-0.39, 0.29) is 0 Å². The van der Waals surface area contributed by atoms with Crippen molar-refractivity contribution in [2.75, 3.05) is 0 Å². The van der Waals surface area contributed by atoms with Crippen molar-refractivity contribution in [1.82, 2.24) is 19.5 Å². The Bertz CT molecular complexity index is 3310. The molecule has 12 rings (SSSR count). The van der Waals surface area contributed by atoms with Gasteiger partial charge in [0.15, 0.2) is 17.5 Å². The van der Waals surface area contributed by atoms with Crippen LogP contribution in [0.25, 0.3) is 93.0 Å². The average molecular weight is 773 g/mol. The van der Waals surface area contributed by atoms with Crippen molar-refractivity contribution < 1.29 is 0 Å². The highest BCUT2D eigenvalue weighted by molar-refractivity contribution is 7.26. The number of nitrogens with zero attached hydrogens (tertiary/aromatic N) is 4. The highest BCUT2D eigenvalue weighted by atomic mass is 32.1. The molecule has 1 aliphatic rings. The number of hydrogen-bond acceptors (Lipinski definition) is 4. The van der Waals surface area contributed by atoms with Gasteiger partial charge in [0.2, 0.25) is 0 Å². The Morgan fingerprint density at radius 1 is 0.475 bits per heavy atom. The van der Waals surface area contributed by atoms with Crippen LogP contribution in [0, 0.1) is 0 Å². The number of aromatic nitrogens is 4. The summed E-state index contributed by atoms with van der Waals surface area (Å²) in [5, 5.41) is 5.14. The van der Waals surface area contributed by atoms with E-state index in [1.165, 1.54) is 69.8 Å². The highest BCUT2D eigenvalue weighted by Crippen LogP contribution is 2.47. The summed E-state index contributed by atoms with van der Waals surface area (Å²) < 4.78 is 5.11. The zero-order valence-corrected chi connectivity index (χ0v) is 32.9. The van der Waals surface area contributed by atoms with Crippen LogP contribution < -0.4 is 0 Å². The quantitative estimate of drug-likeness (QED) is 0.175. The van der Waals surface area contributed by atoms with Crippen LogP contribution in [0.3, 0.4) is 0 Å². The monoisotopic (exact) mass is 772 g/mol. The molecule has 1 aliphatic carbocycles. The van der Waals surface area contributed by atoms with Gasteiger partial charge in [0.25, 0.3) is 0 Å². The highest BCUT2D eigenvalue weighted by Gasteiger charge is 2.26. The lowest BCUT2D eigenvalue weighted by atomic mass is 9.86. The van der Waals surface area contributed by atoms with Gasteiger partial charge in [-0.25, -0.2) is 15.0 Å². The van der Waals surface area contributed by atoms with Gasteiger partial charge in [0, 0.05) is 59.2 Å². The number of fused-ring (bicyclic) bond motifs is 10. The van der Waals surface area contributed by atoms with Crippen LogP contribution in [0.5, 0.6) is 0 Å². The van der Waals surface area contributed by atoms with Crippen LogP contribution in [0.2, 0.25) is 0 Å². The van der Waals surface area contributed by atoms with E-state index in [1.54, 1.807) is 0 Å². The Hall–Kier alpha value is -7.21. The van der Waals surface area contributed by atoms with Crippen molar-refractivity contribution in [2.24, 2.45) is 0 Å². The second-order valence-corrected chi connectivity index (χ2v) is 16.6. The van der Waals surface area contributed by atoms with Crippen LogP contribution in [0.15, 0.2) is 188 Å². The lowest BCUT2D eigenvalue weighted by molar-refractivity contribution is 0.726. The summed E-state index contributed by atoms with van der Waals surface area (Å²) in [5.74, 6) is 2.30. The molecule has 3 heterocycles. The molecular weight excluding hydrogens is 737 g/mol. The normalized spacial score (nSPS) is 13.8. The van der Waals surface area contributed by atoms with E-state index in [0.717, 1.165) is 35.2 Å². The summed E-state index contributed by atoms with van der Waals surface area (Å²) in [6.45, 7) is 0. The maximum Gasteiger partial charge on any atom is 0.164 e. The lowest BCUT2D eigenvalue weighted by Crippen LogP contribution is -2.01. The summed E-state index contributed by atoms with van der Waals surface area (Å²) in [7, 11) is 0. The predicted molar refractivity (Wildman–Crippen MR) is 245 cm³/mol. The van der Waals surface area contributed by atoms with Gasteiger partial charge in [-0.1, -0.05) is 140 Å². The fourth-order valence-corrected chi connectivity index (χ4v) is 10.5. The molecule has 4 nitrogen and oxygen atoms in total. The van der Waals surface area contributed by atoms with Gasteiger partial charge in [-0.05, 0) is 89.2 Å². The second-order valence-electron chi connectivity index (χ2n) is 15.5. The summed E-state index contributed by atoms with van der Waals surface area (Å²) >= 11 is 1.87. The number of aryl methyl sites for hydroxylation is 1. The molecule has 0 spiro atoms. The molecule has 0 fully saturated rings. The number of thiophene rings is 1. The minimum absolute atomic E-state index is 0.336. The van der Waals surface area contributed by atoms with Crippen molar-refractivity contribution in [2.45, 2.75) is 18.8 Å². The molecule has 5 heteroatoms. The van der Waals surface area contributed by atoms with Gasteiger partial charge in [-0.3, -0.25) is 0 Å². The van der Waals surface area contributed by atoms with E-state index in [1.807, 2.05) is 47.7 Å². The zero-order valence-electron chi connectivity index (χ0n) is 32.1. The third-order valence-electron chi connectivity index (χ3n) is 12.1. The van der Waals surface area contributed by atoms with Gasteiger partial charge < -0.3 is 4.57 Å². The molecule has 0 saturated heterocycles. The third kappa shape index (κ3) is 5.61. The summed E-state index contributed by atoms with van der Waals surface area (Å²) in [4.78, 5) is 15.0. The van der Waals surface area contributed by atoms with Gasteiger partial charge >= 0.3 is 0 Å². The van der Waals surface area contributed by atoms with Crippen molar-refractivity contribution in [3.05, 3.63) is 205 Å². The molecule has 278 valence electrons. The summed E-state index contributed by atoms with van der Waals surface area (Å²) in [6.07, 6.45) is 2.04.